The fraction of sp³-hybridized carbons (Fsp3) is 0.375. The van der Waals surface area contributed by atoms with Crippen molar-refractivity contribution in [1.82, 2.24) is 0 Å². The molecule has 4 nitrogen and oxygen atoms in total. The lowest BCUT2D eigenvalue weighted by Gasteiger charge is -2.06. The van der Waals surface area contributed by atoms with E-state index in [0.29, 0.717) is 5.76 Å². The molecule has 12 heavy (non-hydrogen) atoms. The number of aliphatic carboxylic acids is 1. The summed E-state index contributed by atoms with van der Waals surface area (Å²) in [5.74, 6) is -0.216. The third kappa shape index (κ3) is 1.85. The Morgan fingerprint density at radius 1 is 1.83 bits per heavy atom. The van der Waals surface area contributed by atoms with E-state index in [-0.39, 0.29) is 6.42 Å². The van der Waals surface area contributed by atoms with Crippen molar-refractivity contribution in [2.45, 2.75) is 19.4 Å². The molecule has 1 unspecified atom stereocenters. The molecule has 0 bridgehead atoms. The van der Waals surface area contributed by atoms with Gasteiger partial charge in [-0.05, 0) is 13.0 Å². The lowest BCUT2D eigenvalue weighted by atomic mass is 10.1. The fourth-order valence-corrected chi connectivity index (χ4v) is 1.08. The van der Waals surface area contributed by atoms with E-state index in [0.717, 1.165) is 5.56 Å². The minimum Gasteiger partial charge on any atom is -0.481 e. The Hall–Kier alpha value is -1.29. The van der Waals surface area contributed by atoms with Gasteiger partial charge in [0, 0.05) is 11.6 Å². The first-order valence-electron chi connectivity index (χ1n) is 3.62. The fourth-order valence-electron chi connectivity index (χ4n) is 1.08. The van der Waals surface area contributed by atoms with Crippen LogP contribution in [0.4, 0.5) is 0 Å². The van der Waals surface area contributed by atoms with Gasteiger partial charge in [-0.2, -0.15) is 0 Å². The molecule has 0 aliphatic heterocycles. The second-order valence-electron chi connectivity index (χ2n) is 2.64. The molecule has 0 amide bonds. The van der Waals surface area contributed by atoms with Crippen LogP contribution in [0.2, 0.25) is 0 Å². The van der Waals surface area contributed by atoms with E-state index < -0.39 is 12.0 Å². The number of carbonyl (C=O) groups is 1. The number of nitrogens with two attached hydrogens (primary N) is 1. The van der Waals surface area contributed by atoms with Crippen LogP contribution in [0.3, 0.4) is 0 Å². The number of carboxylic acids is 1. The Morgan fingerprint density at radius 3 is 2.92 bits per heavy atom. The first-order chi connectivity index (χ1) is 5.61. The highest BCUT2D eigenvalue weighted by molar-refractivity contribution is 5.67. The molecule has 66 valence electrons. The highest BCUT2D eigenvalue weighted by Crippen LogP contribution is 2.18. The van der Waals surface area contributed by atoms with Crippen molar-refractivity contribution in [3.8, 4) is 0 Å². The van der Waals surface area contributed by atoms with Crippen molar-refractivity contribution >= 4 is 5.97 Å². The first-order valence-corrected chi connectivity index (χ1v) is 3.62. The molecule has 0 saturated carbocycles. The normalized spacial score (nSPS) is 12.8. The number of furan rings is 1. The molecule has 0 aliphatic rings. The molecule has 0 aliphatic carbocycles. The van der Waals surface area contributed by atoms with Crippen molar-refractivity contribution < 1.29 is 14.3 Å². The second-order valence-corrected chi connectivity index (χ2v) is 2.64. The summed E-state index contributed by atoms with van der Waals surface area (Å²) in [6, 6.07) is 1.23. The maximum absolute atomic E-state index is 10.3. The predicted octanol–water partition coefficient (Wildman–Crippen LogP) is 1.06. The summed E-state index contributed by atoms with van der Waals surface area (Å²) in [6.45, 7) is 1.76. The van der Waals surface area contributed by atoms with Crippen LogP contribution < -0.4 is 5.73 Å². The maximum atomic E-state index is 10.3. The van der Waals surface area contributed by atoms with Gasteiger partial charge >= 0.3 is 5.97 Å². The smallest absolute Gasteiger partial charge is 0.305 e. The lowest BCUT2D eigenvalue weighted by Crippen LogP contribution is -2.15. The largest absolute Gasteiger partial charge is 0.481 e. The van der Waals surface area contributed by atoms with Crippen LogP contribution in [0.25, 0.3) is 0 Å². The number of carboxylic acid groups (broad SMARTS) is 1. The minimum atomic E-state index is -0.900. The van der Waals surface area contributed by atoms with Crippen molar-refractivity contribution in [1.29, 1.82) is 0 Å². The van der Waals surface area contributed by atoms with Crippen molar-refractivity contribution in [2.75, 3.05) is 0 Å². The van der Waals surface area contributed by atoms with Gasteiger partial charge in [-0.1, -0.05) is 0 Å². The maximum Gasteiger partial charge on any atom is 0.305 e. The van der Waals surface area contributed by atoms with Crippen LogP contribution in [0.15, 0.2) is 16.7 Å². The summed E-state index contributed by atoms with van der Waals surface area (Å²) in [6.07, 6.45) is 1.44. The molecule has 1 aromatic rings. The zero-order valence-electron chi connectivity index (χ0n) is 6.78. The third-order valence-corrected chi connectivity index (χ3v) is 1.69. The van der Waals surface area contributed by atoms with E-state index in [4.69, 9.17) is 15.3 Å². The van der Waals surface area contributed by atoms with E-state index >= 15 is 0 Å². The number of aryl methyl sites for hydroxylation is 1. The molecule has 0 aromatic carbocycles. The number of hydrogen-bond acceptors (Lipinski definition) is 3. The molecule has 0 radical (unpaired) electrons. The molecule has 4 heteroatoms. The van der Waals surface area contributed by atoms with E-state index in [2.05, 4.69) is 0 Å². The van der Waals surface area contributed by atoms with Gasteiger partial charge in [-0.3, -0.25) is 4.79 Å². The molecule has 3 N–H and O–H groups in total. The molecule has 1 atom stereocenters. The quantitative estimate of drug-likeness (QED) is 0.709. The van der Waals surface area contributed by atoms with Gasteiger partial charge in [0.05, 0.1) is 12.7 Å². The number of rotatable bonds is 3. The monoisotopic (exact) mass is 169 g/mol. The Labute approximate surface area is 70.0 Å². The van der Waals surface area contributed by atoms with Crippen LogP contribution in [0.5, 0.6) is 0 Å². The Morgan fingerprint density at radius 2 is 2.50 bits per heavy atom. The average molecular weight is 169 g/mol. The summed E-state index contributed by atoms with van der Waals surface area (Å²) in [7, 11) is 0. The summed E-state index contributed by atoms with van der Waals surface area (Å²) in [5.41, 5.74) is 6.36. The summed E-state index contributed by atoms with van der Waals surface area (Å²) >= 11 is 0. The molecule has 0 spiro atoms. The Balaban J connectivity index is 2.71. The van der Waals surface area contributed by atoms with Gasteiger partial charge in [0.15, 0.2) is 0 Å². The highest BCUT2D eigenvalue weighted by Gasteiger charge is 2.14. The molecule has 1 heterocycles. The van der Waals surface area contributed by atoms with E-state index in [9.17, 15) is 4.79 Å². The van der Waals surface area contributed by atoms with Gasteiger partial charge < -0.3 is 15.3 Å². The molecule has 1 aromatic heterocycles. The summed E-state index contributed by atoms with van der Waals surface area (Å²) in [5, 5.41) is 8.46. The highest BCUT2D eigenvalue weighted by atomic mass is 16.4. The van der Waals surface area contributed by atoms with Gasteiger partial charge in [0.25, 0.3) is 0 Å². The Bertz CT molecular complexity index is 280. The Kier molecular flexibility index (Phi) is 2.50. The van der Waals surface area contributed by atoms with E-state index in [1.165, 1.54) is 6.26 Å². The zero-order valence-corrected chi connectivity index (χ0v) is 6.78. The second kappa shape index (κ2) is 3.40. The van der Waals surface area contributed by atoms with Crippen LogP contribution in [-0.2, 0) is 4.79 Å². The van der Waals surface area contributed by atoms with Crippen molar-refractivity contribution in [2.24, 2.45) is 5.73 Å². The molecular weight excluding hydrogens is 158 g/mol. The van der Waals surface area contributed by atoms with Crippen LogP contribution in [-0.4, -0.2) is 11.1 Å². The van der Waals surface area contributed by atoms with E-state index in [1.54, 1.807) is 13.0 Å². The summed E-state index contributed by atoms with van der Waals surface area (Å²) in [4.78, 5) is 10.3. The zero-order chi connectivity index (χ0) is 9.14. The van der Waals surface area contributed by atoms with Crippen LogP contribution >= 0.6 is 0 Å². The van der Waals surface area contributed by atoms with Crippen molar-refractivity contribution in [3.63, 3.8) is 0 Å². The van der Waals surface area contributed by atoms with Gasteiger partial charge in [-0.25, -0.2) is 0 Å². The first kappa shape index (κ1) is 8.80. The van der Waals surface area contributed by atoms with E-state index in [1.807, 2.05) is 0 Å². The van der Waals surface area contributed by atoms with Gasteiger partial charge in [0.1, 0.15) is 5.76 Å². The van der Waals surface area contributed by atoms with Crippen molar-refractivity contribution in [3.05, 3.63) is 23.7 Å². The lowest BCUT2D eigenvalue weighted by molar-refractivity contribution is -0.137. The SMILES string of the molecule is Cc1occc1C(N)CC(=O)O. The standard InChI is InChI=1S/C8H11NO3/c1-5-6(2-3-12-5)7(9)4-8(10)11/h2-3,7H,4,9H2,1H3,(H,10,11). The molecule has 1 rings (SSSR count). The molecule has 0 saturated heterocycles. The average Bonchev–Trinajstić information content (AvgIpc) is 2.33. The summed E-state index contributed by atoms with van der Waals surface area (Å²) < 4.78 is 4.99. The van der Waals surface area contributed by atoms with Gasteiger partial charge in [0.2, 0.25) is 0 Å². The molecule has 0 fully saturated rings. The molecular formula is C8H11NO3. The van der Waals surface area contributed by atoms with Crippen LogP contribution in [0, 0.1) is 6.92 Å². The number of hydrogen-bond donors (Lipinski definition) is 2. The topological polar surface area (TPSA) is 76.5 Å². The third-order valence-electron chi connectivity index (χ3n) is 1.69. The van der Waals surface area contributed by atoms with Gasteiger partial charge in [-0.15, -0.1) is 0 Å². The predicted molar refractivity (Wildman–Crippen MR) is 42.6 cm³/mol. The minimum absolute atomic E-state index is 0.0691. The van der Waals surface area contributed by atoms with Crippen LogP contribution in [0.1, 0.15) is 23.8 Å².